The Kier molecular flexibility index (Phi) is 3.99. The summed E-state index contributed by atoms with van der Waals surface area (Å²) in [6.07, 6.45) is 1.51. The van der Waals surface area contributed by atoms with Gasteiger partial charge in [0.1, 0.15) is 5.82 Å². The van der Waals surface area contributed by atoms with Gasteiger partial charge >= 0.3 is 0 Å². The fourth-order valence-corrected chi connectivity index (χ4v) is 2.95. The molecule has 0 aliphatic carbocycles. The molecule has 0 amide bonds. The molecule has 6 nitrogen and oxygen atoms in total. The summed E-state index contributed by atoms with van der Waals surface area (Å²) in [6.45, 7) is 7.59. The number of nitrogens with one attached hydrogen (secondary N) is 1. The Morgan fingerprint density at radius 2 is 2.10 bits per heavy atom. The van der Waals surface area contributed by atoms with Crippen LogP contribution in [0.15, 0.2) is 12.3 Å². The molecular weight excluding hydrogens is 276 g/mol. The smallest absolute Gasteiger partial charge is 0.277 e. The van der Waals surface area contributed by atoms with Gasteiger partial charge in [0, 0.05) is 16.6 Å². The van der Waals surface area contributed by atoms with Crippen LogP contribution in [-0.2, 0) is 0 Å². The Bertz CT molecular complexity index is 654. The van der Waals surface area contributed by atoms with Crippen molar-refractivity contribution >= 4 is 22.8 Å². The molecule has 0 saturated carbocycles. The van der Waals surface area contributed by atoms with E-state index in [1.54, 1.807) is 18.3 Å². The summed E-state index contributed by atoms with van der Waals surface area (Å²) in [5, 5.41) is 15.1. The first-order valence-corrected chi connectivity index (χ1v) is 7.01. The van der Waals surface area contributed by atoms with Gasteiger partial charge in [-0.15, -0.1) is 11.3 Å². The molecule has 2 aromatic rings. The van der Waals surface area contributed by atoms with Crippen molar-refractivity contribution in [1.29, 1.82) is 0 Å². The predicted octanol–water partition coefficient (Wildman–Crippen LogP) is 3.54. The van der Waals surface area contributed by atoms with E-state index in [1.165, 1.54) is 12.3 Å². The average Bonchev–Trinajstić information content (AvgIpc) is 2.70. The van der Waals surface area contributed by atoms with Crippen LogP contribution in [0.2, 0.25) is 0 Å². The van der Waals surface area contributed by atoms with Crippen LogP contribution in [0.25, 0.3) is 0 Å². The molecule has 0 fully saturated rings. The van der Waals surface area contributed by atoms with Crippen LogP contribution in [-0.4, -0.2) is 14.9 Å². The second-order valence-electron chi connectivity index (χ2n) is 4.66. The van der Waals surface area contributed by atoms with Crippen LogP contribution in [0, 0.1) is 30.9 Å². The van der Waals surface area contributed by atoms with Gasteiger partial charge in [0.2, 0.25) is 0 Å². The summed E-state index contributed by atoms with van der Waals surface area (Å²) in [6, 6.07) is 1.48. The third kappa shape index (κ3) is 2.93. The Labute approximate surface area is 121 Å². The minimum absolute atomic E-state index is 0.0102. The largest absolute Gasteiger partial charge is 0.362 e. The molecular formula is C13H16N4O2S. The van der Waals surface area contributed by atoms with E-state index in [-0.39, 0.29) is 11.7 Å². The Balaban J connectivity index is 2.24. The number of aromatic nitrogens is 2. The van der Waals surface area contributed by atoms with Gasteiger partial charge in [-0.25, -0.2) is 9.97 Å². The number of hydrogen-bond acceptors (Lipinski definition) is 6. The number of hydrogen-bond donors (Lipinski definition) is 1. The first-order valence-electron chi connectivity index (χ1n) is 6.20. The first kappa shape index (κ1) is 14.4. The van der Waals surface area contributed by atoms with E-state index in [1.807, 2.05) is 20.8 Å². The highest BCUT2D eigenvalue weighted by Crippen LogP contribution is 2.28. The summed E-state index contributed by atoms with van der Waals surface area (Å²) >= 11 is 1.62. The summed E-state index contributed by atoms with van der Waals surface area (Å²) in [7, 11) is 0. The van der Waals surface area contributed by atoms with Crippen molar-refractivity contribution in [3.05, 3.63) is 43.5 Å². The van der Waals surface area contributed by atoms with Crippen LogP contribution in [0.3, 0.4) is 0 Å². The van der Waals surface area contributed by atoms with Crippen molar-refractivity contribution in [2.45, 2.75) is 33.7 Å². The highest BCUT2D eigenvalue weighted by molar-refractivity contribution is 7.11. The van der Waals surface area contributed by atoms with Crippen LogP contribution in [0.1, 0.15) is 34.1 Å². The first-order chi connectivity index (χ1) is 9.38. The van der Waals surface area contributed by atoms with E-state index in [4.69, 9.17) is 0 Å². The van der Waals surface area contributed by atoms with Crippen LogP contribution >= 0.6 is 11.3 Å². The van der Waals surface area contributed by atoms with E-state index in [0.29, 0.717) is 11.4 Å². The molecule has 1 unspecified atom stereocenters. The molecule has 0 aliphatic rings. The summed E-state index contributed by atoms with van der Waals surface area (Å²) in [5.74, 6) is 0.500. The molecule has 0 spiro atoms. The molecule has 2 rings (SSSR count). The van der Waals surface area contributed by atoms with Crippen LogP contribution in [0.5, 0.6) is 0 Å². The van der Waals surface area contributed by atoms with Gasteiger partial charge in [0.05, 0.1) is 27.7 Å². The van der Waals surface area contributed by atoms with E-state index < -0.39 is 4.92 Å². The van der Waals surface area contributed by atoms with Crippen molar-refractivity contribution in [3.8, 4) is 0 Å². The lowest BCUT2D eigenvalue weighted by atomic mass is 10.2. The Hall–Kier alpha value is -2.02. The van der Waals surface area contributed by atoms with Gasteiger partial charge in [0.25, 0.3) is 5.69 Å². The minimum atomic E-state index is -0.394. The maximum Gasteiger partial charge on any atom is 0.277 e. The quantitative estimate of drug-likeness (QED) is 0.688. The number of pyridine rings is 1. The fourth-order valence-electron chi connectivity index (χ4n) is 2.02. The van der Waals surface area contributed by atoms with Crippen LogP contribution < -0.4 is 5.32 Å². The van der Waals surface area contributed by atoms with Gasteiger partial charge in [0.15, 0.2) is 0 Å². The molecule has 7 heteroatoms. The number of aryl methyl sites for hydroxylation is 3. The summed E-state index contributed by atoms with van der Waals surface area (Å²) in [4.78, 5) is 20.2. The topological polar surface area (TPSA) is 81.0 Å². The molecule has 106 valence electrons. The molecule has 1 atom stereocenters. The standard InChI is InChI=1S/C13H16N4O2S/c1-7-6-14-12(5-11(7)17(18)19)16-9(3)13-8(2)15-10(4)20-13/h5-6,9H,1-4H3,(H,14,16). The van der Waals surface area contributed by atoms with Crippen molar-refractivity contribution in [1.82, 2.24) is 9.97 Å². The molecule has 0 radical (unpaired) electrons. The third-order valence-electron chi connectivity index (χ3n) is 2.97. The second kappa shape index (κ2) is 5.54. The Morgan fingerprint density at radius 3 is 2.65 bits per heavy atom. The average molecular weight is 292 g/mol. The second-order valence-corrected chi connectivity index (χ2v) is 5.90. The van der Waals surface area contributed by atoms with E-state index in [9.17, 15) is 10.1 Å². The van der Waals surface area contributed by atoms with Gasteiger partial charge < -0.3 is 5.32 Å². The van der Waals surface area contributed by atoms with Crippen molar-refractivity contribution in [3.63, 3.8) is 0 Å². The third-order valence-corrected chi connectivity index (χ3v) is 4.22. The lowest BCUT2D eigenvalue weighted by molar-refractivity contribution is -0.385. The van der Waals surface area contributed by atoms with E-state index >= 15 is 0 Å². The van der Waals surface area contributed by atoms with E-state index in [2.05, 4.69) is 15.3 Å². The van der Waals surface area contributed by atoms with Gasteiger partial charge in [-0.1, -0.05) is 0 Å². The maximum absolute atomic E-state index is 10.9. The maximum atomic E-state index is 10.9. The number of thiazole rings is 1. The number of anilines is 1. The highest BCUT2D eigenvalue weighted by Gasteiger charge is 2.16. The molecule has 2 heterocycles. The number of nitro groups is 1. The predicted molar refractivity (Wildman–Crippen MR) is 79.3 cm³/mol. The minimum Gasteiger partial charge on any atom is -0.362 e. The molecule has 0 saturated heterocycles. The SMILES string of the molecule is Cc1nc(C)c(C(C)Nc2cc([N+](=O)[O-])c(C)cn2)s1. The molecule has 2 aromatic heterocycles. The number of nitrogens with zero attached hydrogens (tertiary/aromatic N) is 3. The monoisotopic (exact) mass is 292 g/mol. The number of rotatable bonds is 4. The normalized spacial score (nSPS) is 12.2. The molecule has 0 bridgehead atoms. The van der Waals surface area contributed by atoms with Crippen molar-refractivity contribution in [2.75, 3.05) is 5.32 Å². The van der Waals surface area contributed by atoms with E-state index in [0.717, 1.165) is 15.6 Å². The Morgan fingerprint density at radius 1 is 1.40 bits per heavy atom. The lowest BCUT2D eigenvalue weighted by Crippen LogP contribution is -2.08. The van der Waals surface area contributed by atoms with Gasteiger partial charge in [-0.2, -0.15) is 0 Å². The fraction of sp³-hybridized carbons (Fsp3) is 0.385. The molecule has 20 heavy (non-hydrogen) atoms. The van der Waals surface area contributed by atoms with Crippen LogP contribution in [0.4, 0.5) is 11.5 Å². The zero-order valence-electron chi connectivity index (χ0n) is 11.8. The van der Waals surface area contributed by atoms with Crippen molar-refractivity contribution < 1.29 is 4.92 Å². The van der Waals surface area contributed by atoms with Gasteiger partial charge in [-0.3, -0.25) is 10.1 Å². The zero-order valence-corrected chi connectivity index (χ0v) is 12.6. The molecule has 0 aromatic carbocycles. The zero-order chi connectivity index (χ0) is 14.9. The summed E-state index contributed by atoms with van der Waals surface area (Å²) < 4.78 is 0. The lowest BCUT2D eigenvalue weighted by Gasteiger charge is -2.13. The molecule has 1 N–H and O–H groups in total. The highest BCUT2D eigenvalue weighted by atomic mass is 32.1. The van der Waals surface area contributed by atoms with Gasteiger partial charge in [-0.05, 0) is 27.7 Å². The summed E-state index contributed by atoms with van der Waals surface area (Å²) in [5.41, 5.74) is 1.61. The van der Waals surface area contributed by atoms with Crippen molar-refractivity contribution in [2.24, 2.45) is 0 Å². The molecule has 0 aliphatic heterocycles.